The van der Waals surface area contributed by atoms with Crippen molar-refractivity contribution in [3.63, 3.8) is 0 Å². The van der Waals surface area contributed by atoms with Gasteiger partial charge >= 0.3 is 0 Å². The van der Waals surface area contributed by atoms with Crippen LogP contribution in [0.25, 0.3) is 0 Å². The fraction of sp³-hybridized carbons (Fsp3) is 0.357. The van der Waals surface area contributed by atoms with Crippen LogP contribution in [-0.2, 0) is 0 Å². The summed E-state index contributed by atoms with van der Waals surface area (Å²) < 4.78 is 0. The van der Waals surface area contributed by atoms with Gasteiger partial charge in [0.1, 0.15) is 0 Å². The second-order valence-corrected chi connectivity index (χ2v) is 4.25. The third-order valence-corrected chi connectivity index (χ3v) is 2.91. The number of hydrogen-bond acceptors (Lipinski definition) is 1. The molecule has 1 aromatic carbocycles. The molecular formula is C14H17ClO. The van der Waals surface area contributed by atoms with E-state index >= 15 is 0 Å². The van der Waals surface area contributed by atoms with Crippen LogP contribution >= 0.6 is 11.6 Å². The molecule has 0 bridgehead atoms. The van der Waals surface area contributed by atoms with Crippen LogP contribution in [0.1, 0.15) is 48.5 Å². The highest BCUT2D eigenvalue weighted by Crippen LogP contribution is 2.25. The van der Waals surface area contributed by atoms with Crippen molar-refractivity contribution >= 4 is 16.8 Å². The summed E-state index contributed by atoms with van der Waals surface area (Å²) in [5.74, 6) is 0.357. The normalized spacial score (nSPS) is 12.9. The summed E-state index contributed by atoms with van der Waals surface area (Å²) in [5, 5.41) is -0.367. The molecule has 1 nitrogen and oxygen atoms in total. The Hall–Kier alpha value is -1.08. The van der Waals surface area contributed by atoms with Crippen LogP contribution in [-0.4, -0.2) is 5.24 Å². The molecule has 0 saturated carbocycles. The predicted octanol–water partition coefficient (Wildman–Crippen LogP) is 4.53. The van der Waals surface area contributed by atoms with E-state index in [4.69, 9.17) is 11.6 Å². The molecule has 1 atom stereocenters. The molecule has 0 spiro atoms. The first-order valence-corrected chi connectivity index (χ1v) is 5.94. The monoisotopic (exact) mass is 236 g/mol. The van der Waals surface area contributed by atoms with E-state index in [9.17, 15) is 4.79 Å². The van der Waals surface area contributed by atoms with E-state index < -0.39 is 0 Å². The van der Waals surface area contributed by atoms with Gasteiger partial charge < -0.3 is 0 Å². The van der Waals surface area contributed by atoms with Crippen molar-refractivity contribution in [3.8, 4) is 0 Å². The van der Waals surface area contributed by atoms with Crippen molar-refractivity contribution in [2.45, 2.75) is 32.6 Å². The topological polar surface area (TPSA) is 17.1 Å². The van der Waals surface area contributed by atoms with Gasteiger partial charge in [0.25, 0.3) is 5.24 Å². The molecular weight excluding hydrogens is 220 g/mol. The van der Waals surface area contributed by atoms with Crippen molar-refractivity contribution in [3.05, 3.63) is 47.5 Å². The van der Waals surface area contributed by atoms with Crippen LogP contribution in [0.3, 0.4) is 0 Å². The van der Waals surface area contributed by atoms with Gasteiger partial charge in [0.15, 0.2) is 0 Å². The Morgan fingerprint density at radius 3 is 2.75 bits per heavy atom. The Morgan fingerprint density at radius 1 is 1.44 bits per heavy atom. The van der Waals surface area contributed by atoms with Gasteiger partial charge in [0.05, 0.1) is 0 Å². The highest BCUT2D eigenvalue weighted by atomic mass is 35.5. The Bertz CT molecular complexity index is 382. The fourth-order valence-corrected chi connectivity index (χ4v) is 1.95. The van der Waals surface area contributed by atoms with Crippen LogP contribution < -0.4 is 0 Å². The van der Waals surface area contributed by atoms with E-state index in [-0.39, 0.29) is 5.24 Å². The lowest BCUT2D eigenvalue weighted by molar-refractivity contribution is 0.108. The zero-order valence-electron chi connectivity index (χ0n) is 9.74. The standard InChI is InChI=1S/C14H17ClO/c1-3-4-5-8-11(2)12-9-6-7-10-13(12)14(15)16/h3-4,6-7,9-11H,5,8H2,1-2H3. The molecule has 1 unspecified atom stereocenters. The lowest BCUT2D eigenvalue weighted by atomic mass is 9.92. The van der Waals surface area contributed by atoms with Crippen LogP contribution in [0, 0.1) is 0 Å². The number of carbonyl (C=O) groups excluding carboxylic acids is 1. The van der Waals surface area contributed by atoms with E-state index in [1.165, 1.54) is 0 Å². The lowest BCUT2D eigenvalue weighted by Gasteiger charge is -2.13. The first-order chi connectivity index (χ1) is 7.66. The van der Waals surface area contributed by atoms with E-state index in [1.807, 2.05) is 31.2 Å². The zero-order chi connectivity index (χ0) is 12.0. The molecule has 0 aromatic heterocycles. The van der Waals surface area contributed by atoms with Crippen molar-refractivity contribution in [2.75, 3.05) is 0 Å². The number of rotatable bonds is 5. The first kappa shape index (κ1) is 13.0. The molecule has 1 aromatic rings. The maximum Gasteiger partial charge on any atom is 0.252 e. The lowest BCUT2D eigenvalue weighted by Crippen LogP contribution is -2.01. The third-order valence-electron chi connectivity index (χ3n) is 2.71. The molecule has 0 fully saturated rings. The minimum Gasteiger partial charge on any atom is -0.276 e. The molecule has 86 valence electrons. The van der Waals surface area contributed by atoms with Gasteiger partial charge in [-0.1, -0.05) is 37.3 Å². The first-order valence-electron chi connectivity index (χ1n) is 5.56. The van der Waals surface area contributed by atoms with Crippen molar-refractivity contribution in [1.29, 1.82) is 0 Å². The molecule has 0 radical (unpaired) electrons. The summed E-state index contributed by atoms with van der Waals surface area (Å²) in [6, 6.07) is 7.56. The summed E-state index contributed by atoms with van der Waals surface area (Å²) >= 11 is 5.56. The third kappa shape index (κ3) is 3.49. The van der Waals surface area contributed by atoms with E-state index in [0.717, 1.165) is 18.4 Å². The van der Waals surface area contributed by atoms with E-state index in [1.54, 1.807) is 6.07 Å². The maximum absolute atomic E-state index is 11.3. The molecule has 0 aliphatic heterocycles. The van der Waals surface area contributed by atoms with Crippen LogP contribution in [0.15, 0.2) is 36.4 Å². The number of allylic oxidation sites excluding steroid dienone is 2. The number of carbonyl (C=O) groups is 1. The summed E-state index contributed by atoms with van der Waals surface area (Å²) in [7, 11) is 0. The Balaban J connectivity index is 2.81. The summed E-state index contributed by atoms with van der Waals surface area (Å²) in [5.41, 5.74) is 1.68. The van der Waals surface area contributed by atoms with Gasteiger partial charge in [-0.15, -0.1) is 0 Å². The molecule has 0 saturated heterocycles. The highest BCUT2D eigenvalue weighted by Gasteiger charge is 2.13. The van der Waals surface area contributed by atoms with E-state index in [2.05, 4.69) is 13.0 Å². The predicted molar refractivity (Wildman–Crippen MR) is 69.1 cm³/mol. The molecule has 0 aliphatic carbocycles. The minimum absolute atomic E-state index is 0.357. The second kappa shape index (κ2) is 6.49. The minimum atomic E-state index is -0.367. The van der Waals surface area contributed by atoms with E-state index in [0.29, 0.717) is 11.5 Å². The van der Waals surface area contributed by atoms with Gasteiger partial charge in [-0.3, -0.25) is 4.79 Å². The average molecular weight is 237 g/mol. The van der Waals surface area contributed by atoms with Gasteiger partial charge in [-0.2, -0.15) is 0 Å². The van der Waals surface area contributed by atoms with Gasteiger partial charge in [-0.05, 0) is 48.9 Å². The SMILES string of the molecule is CC=CCCC(C)c1ccccc1C(=O)Cl. The smallest absolute Gasteiger partial charge is 0.252 e. The molecule has 0 aliphatic rings. The summed E-state index contributed by atoms with van der Waals surface area (Å²) in [4.78, 5) is 11.3. The quantitative estimate of drug-likeness (QED) is 0.543. The Morgan fingerprint density at radius 2 is 2.12 bits per heavy atom. The molecule has 0 N–H and O–H groups in total. The fourth-order valence-electron chi connectivity index (χ4n) is 1.77. The number of benzene rings is 1. The molecule has 0 heterocycles. The van der Waals surface area contributed by atoms with Crippen LogP contribution in [0.5, 0.6) is 0 Å². The number of hydrogen-bond donors (Lipinski definition) is 0. The Kier molecular flexibility index (Phi) is 5.27. The summed E-state index contributed by atoms with van der Waals surface area (Å²) in [6.07, 6.45) is 6.25. The molecule has 2 heteroatoms. The Labute approximate surface area is 102 Å². The van der Waals surface area contributed by atoms with Gasteiger partial charge in [0, 0.05) is 5.56 Å². The van der Waals surface area contributed by atoms with Crippen molar-refractivity contribution in [2.24, 2.45) is 0 Å². The van der Waals surface area contributed by atoms with Gasteiger partial charge in [-0.25, -0.2) is 0 Å². The van der Waals surface area contributed by atoms with Crippen molar-refractivity contribution in [1.82, 2.24) is 0 Å². The van der Waals surface area contributed by atoms with Gasteiger partial charge in [0.2, 0.25) is 0 Å². The zero-order valence-corrected chi connectivity index (χ0v) is 10.5. The highest BCUT2D eigenvalue weighted by molar-refractivity contribution is 6.67. The average Bonchev–Trinajstić information content (AvgIpc) is 2.29. The number of halogens is 1. The molecule has 0 amide bonds. The summed E-state index contributed by atoms with van der Waals surface area (Å²) in [6.45, 7) is 4.14. The van der Waals surface area contributed by atoms with Crippen LogP contribution in [0.4, 0.5) is 0 Å². The molecule has 16 heavy (non-hydrogen) atoms. The van der Waals surface area contributed by atoms with Crippen molar-refractivity contribution < 1.29 is 4.79 Å². The maximum atomic E-state index is 11.3. The second-order valence-electron chi connectivity index (χ2n) is 3.91. The van der Waals surface area contributed by atoms with Crippen LogP contribution in [0.2, 0.25) is 0 Å². The molecule has 1 rings (SSSR count). The largest absolute Gasteiger partial charge is 0.276 e.